The molecule has 0 aromatic heterocycles. The maximum absolute atomic E-state index is 12.9. The highest BCUT2D eigenvalue weighted by Gasteiger charge is 2.19. The van der Waals surface area contributed by atoms with E-state index >= 15 is 0 Å². The largest absolute Gasteiger partial charge is 0.462 e. The molecular formula is C71H116O6. The van der Waals surface area contributed by atoms with Gasteiger partial charge in [0, 0.05) is 19.3 Å². The zero-order valence-corrected chi connectivity index (χ0v) is 49.9. The summed E-state index contributed by atoms with van der Waals surface area (Å²) in [6, 6.07) is 0. The number of esters is 3. The zero-order chi connectivity index (χ0) is 55.7. The Balaban J connectivity index is 4.25. The molecule has 0 aliphatic carbocycles. The van der Waals surface area contributed by atoms with Crippen molar-refractivity contribution in [2.75, 3.05) is 13.2 Å². The molecule has 0 saturated heterocycles. The van der Waals surface area contributed by atoms with Gasteiger partial charge in [-0.25, -0.2) is 0 Å². The average molecular weight is 1070 g/mol. The van der Waals surface area contributed by atoms with Gasteiger partial charge in [-0.3, -0.25) is 14.4 Å². The van der Waals surface area contributed by atoms with E-state index in [1.165, 1.54) is 89.9 Å². The molecule has 0 bridgehead atoms. The number of carbonyl (C=O) groups is 3. The van der Waals surface area contributed by atoms with Crippen LogP contribution in [0.25, 0.3) is 0 Å². The molecule has 6 nitrogen and oxygen atoms in total. The van der Waals surface area contributed by atoms with Crippen LogP contribution >= 0.6 is 0 Å². The minimum atomic E-state index is -0.799. The van der Waals surface area contributed by atoms with E-state index < -0.39 is 6.10 Å². The molecule has 0 aromatic carbocycles. The monoisotopic (exact) mass is 1060 g/mol. The van der Waals surface area contributed by atoms with Gasteiger partial charge in [0.05, 0.1) is 0 Å². The molecule has 0 saturated carbocycles. The molecule has 436 valence electrons. The van der Waals surface area contributed by atoms with E-state index in [0.717, 1.165) is 148 Å². The van der Waals surface area contributed by atoms with Gasteiger partial charge in [-0.05, 0) is 128 Å². The van der Waals surface area contributed by atoms with Crippen molar-refractivity contribution >= 4 is 17.9 Å². The van der Waals surface area contributed by atoms with Crippen LogP contribution in [0.5, 0.6) is 0 Å². The minimum Gasteiger partial charge on any atom is -0.462 e. The summed E-state index contributed by atoms with van der Waals surface area (Å²) in [6.45, 7) is 6.35. The van der Waals surface area contributed by atoms with Gasteiger partial charge in [0.25, 0.3) is 0 Å². The smallest absolute Gasteiger partial charge is 0.306 e. The molecule has 0 aromatic rings. The van der Waals surface area contributed by atoms with Crippen molar-refractivity contribution in [3.63, 3.8) is 0 Å². The summed E-state index contributed by atoms with van der Waals surface area (Å²) in [5, 5.41) is 0. The van der Waals surface area contributed by atoms with Crippen molar-refractivity contribution < 1.29 is 28.6 Å². The Bertz CT molecular complexity index is 1650. The van der Waals surface area contributed by atoms with Crippen LogP contribution in [0, 0.1) is 0 Å². The van der Waals surface area contributed by atoms with Crippen molar-refractivity contribution in [2.24, 2.45) is 0 Å². The lowest BCUT2D eigenvalue weighted by atomic mass is 10.0. The number of ether oxygens (including phenoxy) is 3. The second kappa shape index (κ2) is 64.1. The molecule has 77 heavy (non-hydrogen) atoms. The van der Waals surface area contributed by atoms with Crippen LogP contribution in [0.4, 0.5) is 0 Å². The third kappa shape index (κ3) is 62.3. The van der Waals surface area contributed by atoms with Crippen LogP contribution in [0.15, 0.2) is 134 Å². The van der Waals surface area contributed by atoms with Crippen LogP contribution in [0.3, 0.4) is 0 Å². The van der Waals surface area contributed by atoms with Crippen LogP contribution < -0.4 is 0 Å². The standard InChI is InChI=1S/C71H116O6/c1-4-7-10-13-16-19-22-24-26-28-29-30-31-32-33-34-35-36-37-38-39-40-41-43-44-46-49-52-55-58-61-64-70(73)76-67-68(66-75-69(72)63-60-57-54-51-48-21-18-15-12-9-6-3)77-71(74)65-62-59-56-53-50-47-45-42-27-25-23-20-17-14-11-8-5-2/h7-8,10-11,15-20,24-27,29-30,32-33,35-36,45,47,68H,4-6,9,12-14,21-23,28,31,34,37-44,46,48-67H2,1-3H3/b10-7-,11-8-,18-15-,19-16-,20-17-,26-24-,27-25-,30-29-,33-32-,36-35-,47-45-. The highest BCUT2D eigenvalue weighted by molar-refractivity contribution is 5.71. The second-order valence-electron chi connectivity index (χ2n) is 20.5. The Labute approximate surface area is 475 Å². The molecule has 0 aliphatic rings. The van der Waals surface area contributed by atoms with Crippen LogP contribution in [0.2, 0.25) is 0 Å². The van der Waals surface area contributed by atoms with Gasteiger partial charge in [0.1, 0.15) is 13.2 Å². The molecule has 0 aliphatic heterocycles. The summed E-state index contributed by atoms with van der Waals surface area (Å²) in [5.41, 5.74) is 0. The van der Waals surface area contributed by atoms with E-state index in [0.29, 0.717) is 19.3 Å². The molecule has 0 heterocycles. The highest BCUT2D eigenvalue weighted by Crippen LogP contribution is 2.15. The SMILES string of the molecule is CC/C=C\C/C=C\C/C=C\C/C=C\C/C=C\C/C=C\CCCCCCCCCCCCCCC(=O)OCC(COC(=O)CCCCCCC/C=C\CCCC)OC(=O)CCCCCC/C=C\C/C=C\C/C=C\C/C=C\CC. The van der Waals surface area contributed by atoms with Gasteiger partial charge in [0.2, 0.25) is 0 Å². The van der Waals surface area contributed by atoms with Crippen molar-refractivity contribution in [3.05, 3.63) is 134 Å². The summed E-state index contributed by atoms with van der Waals surface area (Å²) in [4.78, 5) is 38.2. The first-order valence-electron chi connectivity index (χ1n) is 31.7. The van der Waals surface area contributed by atoms with Gasteiger partial charge in [-0.15, -0.1) is 0 Å². The van der Waals surface area contributed by atoms with E-state index in [9.17, 15) is 14.4 Å². The molecule has 0 amide bonds. The van der Waals surface area contributed by atoms with E-state index in [4.69, 9.17) is 14.2 Å². The lowest BCUT2D eigenvalue weighted by Gasteiger charge is -2.18. The number of rotatable bonds is 56. The van der Waals surface area contributed by atoms with Crippen molar-refractivity contribution in [3.8, 4) is 0 Å². The van der Waals surface area contributed by atoms with Crippen LogP contribution in [0.1, 0.15) is 278 Å². The summed E-state index contributed by atoms with van der Waals surface area (Å²) < 4.78 is 16.9. The third-order valence-corrected chi connectivity index (χ3v) is 13.1. The summed E-state index contributed by atoms with van der Waals surface area (Å²) in [6.07, 6.45) is 90.4. The Morgan fingerprint density at radius 1 is 0.273 bits per heavy atom. The predicted octanol–water partition coefficient (Wildman–Crippen LogP) is 21.8. The number of unbranched alkanes of at least 4 members (excludes halogenated alkanes) is 23. The Hall–Kier alpha value is -4.45. The fourth-order valence-electron chi connectivity index (χ4n) is 8.42. The quantitative estimate of drug-likeness (QED) is 0.0261. The Morgan fingerprint density at radius 3 is 0.805 bits per heavy atom. The van der Waals surface area contributed by atoms with Gasteiger partial charge < -0.3 is 14.2 Å². The van der Waals surface area contributed by atoms with Crippen LogP contribution in [-0.4, -0.2) is 37.2 Å². The molecule has 0 spiro atoms. The average Bonchev–Trinajstić information content (AvgIpc) is 3.43. The van der Waals surface area contributed by atoms with E-state index in [2.05, 4.69) is 154 Å². The fourth-order valence-corrected chi connectivity index (χ4v) is 8.42. The van der Waals surface area contributed by atoms with Gasteiger partial charge in [-0.1, -0.05) is 264 Å². The van der Waals surface area contributed by atoms with Crippen molar-refractivity contribution in [1.29, 1.82) is 0 Å². The lowest BCUT2D eigenvalue weighted by Crippen LogP contribution is -2.30. The van der Waals surface area contributed by atoms with Gasteiger partial charge in [-0.2, -0.15) is 0 Å². The minimum absolute atomic E-state index is 0.0942. The predicted molar refractivity (Wildman–Crippen MR) is 334 cm³/mol. The molecule has 0 rings (SSSR count). The molecule has 0 N–H and O–H groups in total. The van der Waals surface area contributed by atoms with Gasteiger partial charge in [0.15, 0.2) is 6.10 Å². The maximum Gasteiger partial charge on any atom is 0.306 e. The Morgan fingerprint density at radius 2 is 0.506 bits per heavy atom. The Kier molecular flexibility index (Phi) is 60.4. The third-order valence-electron chi connectivity index (χ3n) is 13.1. The van der Waals surface area contributed by atoms with E-state index in [1.54, 1.807) is 0 Å². The molecule has 6 heteroatoms. The first-order valence-corrected chi connectivity index (χ1v) is 31.7. The normalized spacial score (nSPS) is 13.0. The van der Waals surface area contributed by atoms with Crippen molar-refractivity contribution in [2.45, 2.75) is 284 Å². The molecule has 1 unspecified atom stereocenters. The molecule has 0 radical (unpaired) electrons. The number of allylic oxidation sites excluding steroid dienone is 22. The molecule has 1 atom stereocenters. The molecular weight excluding hydrogens is 949 g/mol. The second-order valence-corrected chi connectivity index (χ2v) is 20.5. The fraction of sp³-hybridized carbons (Fsp3) is 0.648. The zero-order valence-electron chi connectivity index (χ0n) is 49.9. The van der Waals surface area contributed by atoms with E-state index in [-0.39, 0.29) is 31.1 Å². The summed E-state index contributed by atoms with van der Waals surface area (Å²) in [7, 11) is 0. The topological polar surface area (TPSA) is 78.9 Å². The maximum atomic E-state index is 12.9. The first kappa shape index (κ1) is 72.5. The van der Waals surface area contributed by atoms with Crippen LogP contribution in [-0.2, 0) is 28.6 Å². The van der Waals surface area contributed by atoms with Crippen molar-refractivity contribution in [1.82, 2.24) is 0 Å². The first-order chi connectivity index (χ1) is 38.0. The summed E-state index contributed by atoms with van der Waals surface area (Å²) >= 11 is 0. The highest BCUT2D eigenvalue weighted by atomic mass is 16.6. The number of carbonyl (C=O) groups excluding carboxylic acids is 3. The number of hydrogen-bond donors (Lipinski definition) is 0. The number of hydrogen-bond acceptors (Lipinski definition) is 6. The summed E-state index contributed by atoms with van der Waals surface area (Å²) in [5.74, 6) is -0.929. The van der Waals surface area contributed by atoms with E-state index in [1.807, 2.05) is 0 Å². The lowest BCUT2D eigenvalue weighted by molar-refractivity contribution is -0.167. The van der Waals surface area contributed by atoms with Gasteiger partial charge >= 0.3 is 17.9 Å². The molecule has 0 fully saturated rings.